The first-order valence-corrected chi connectivity index (χ1v) is 5.80. The highest BCUT2D eigenvalue weighted by molar-refractivity contribution is 7.12. The smallest absolute Gasteiger partial charge is 0.267 e. The number of nitrogens with zero attached hydrogens (tertiary/aromatic N) is 3. The van der Waals surface area contributed by atoms with E-state index >= 15 is 0 Å². The van der Waals surface area contributed by atoms with Crippen LogP contribution in [0.5, 0.6) is 0 Å². The predicted octanol–water partition coefficient (Wildman–Crippen LogP) is 1.42. The van der Waals surface area contributed by atoms with Crippen LogP contribution in [0.25, 0.3) is 16.0 Å². The number of thiazole rings is 1. The highest BCUT2D eigenvalue weighted by atomic mass is 32.1. The Labute approximate surface area is 100 Å². The van der Waals surface area contributed by atoms with Gasteiger partial charge in [-0.2, -0.15) is 0 Å². The van der Waals surface area contributed by atoms with Crippen LogP contribution < -0.4 is 11.3 Å². The Kier molecular flexibility index (Phi) is 2.15. The molecule has 0 bridgehead atoms. The van der Waals surface area contributed by atoms with Gasteiger partial charge in [-0.15, -0.1) is 11.3 Å². The average Bonchev–Trinajstić information content (AvgIpc) is 2.84. The van der Waals surface area contributed by atoms with Crippen LogP contribution in [0.3, 0.4) is 0 Å². The number of fused-ring (bicyclic) bond motifs is 1. The number of aromatic nitrogens is 3. The lowest BCUT2D eigenvalue weighted by Gasteiger charge is -2.03. The summed E-state index contributed by atoms with van der Waals surface area (Å²) in [4.78, 5) is 20.5. The summed E-state index contributed by atoms with van der Waals surface area (Å²) in [6.07, 6.45) is 3.13. The fourth-order valence-electron chi connectivity index (χ4n) is 1.61. The van der Waals surface area contributed by atoms with Crippen LogP contribution >= 0.6 is 11.3 Å². The SMILES string of the molecule is Nc1ccc2ncn(-c3nccs3)c(=O)c2c1. The van der Waals surface area contributed by atoms with Gasteiger partial charge in [-0.3, -0.25) is 4.79 Å². The van der Waals surface area contributed by atoms with Gasteiger partial charge in [0, 0.05) is 17.3 Å². The minimum atomic E-state index is -0.155. The minimum absolute atomic E-state index is 0.155. The first-order chi connectivity index (χ1) is 8.25. The van der Waals surface area contributed by atoms with Gasteiger partial charge >= 0.3 is 0 Å². The van der Waals surface area contributed by atoms with E-state index in [1.54, 1.807) is 24.4 Å². The highest BCUT2D eigenvalue weighted by Gasteiger charge is 2.07. The monoisotopic (exact) mass is 244 g/mol. The Balaban J connectivity index is 2.36. The van der Waals surface area contributed by atoms with Gasteiger partial charge in [-0.1, -0.05) is 0 Å². The molecule has 2 heterocycles. The molecule has 0 aliphatic heterocycles. The summed E-state index contributed by atoms with van der Waals surface area (Å²) in [5, 5.41) is 2.92. The Morgan fingerprint density at radius 3 is 2.94 bits per heavy atom. The normalized spacial score (nSPS) is 10.8. The summed E-state index contributed by atoms with van der Waals surface area (Å²) in [7, 11) is 0. The molecule has 6 heteroatoms. The van der Waals surface area contributed by atoms with E-state index in [-0.39, 0.29) is 5.56 Å². The average molecular weight is 244 g/mol. The van der Waals surface area contributed by atoms with Gasteiger partial charge in [0.1, 0.15) is 6.33 Å². The number of anilines is 1. The number of rotatable bonds is 1. The van der Waals surface area contributed by atoms with E-state index in [9.17, 15) is 4.79 Å². The summed E-state index contributed by atoms with van der Waals surface area (Å²) < 4.78 is 1.42. The van der Waals surface area contributed by atoms with E-state index in [2.05, 4.69) is 9.97 Å². The summed E-state index contributed by atoms with van der Waals surface area (Å²) >= 11 is 1.38. The molecular weight excluding hydrogens is 236 g/mol. The van der Waals surface area contributed by atoms with E-state index in [0.717, 1.165) is 0 Å². The second-order valence-electron chi connectivity index (χ2n) is 3.51. The lowest BCUT2D eigenvalue weighted by Crippen LogP contribution is -2.18. The number of hydrogen-bond donors (Lipinski definition) is 1. The summed E-state index contributed by atoms with van der Waals surface area (Å²) in [6.45, 7) is 0. The fourth-order valence-corrected chi connectivity index (χ4v) is 2.22. The maximum Gasteiger partial charge on any atom is 0.267 e. The van der Waals surface area contributed by atoms with E-state index < -0.39 is 0 Å². The van der Waals surface area contributed by atoms with Gasteiger partial charge in [0.2, 0.25) is 0 Å². The molecule has 84 valence electrons. The number of benzene rings is 1. The third kappa shape index (κ3) is 1.58. The topological polar surface area (TPSA) is 73.8 Å². The third-order valence-corrected chi connectivity index (χ3v) is 3.18. The van der Waals surface area contributed by atoms with Gasteiger partial charge in [0.05, 0.1) is 10.9 Å². The molecule has 0 unspecified atom stereocenters. The van der Waals surface area contributed by atoms with Crippen molar-refractivity contribution in [3.63, 3.8) is 0 Å². The first kappa shape index (κ1) is 9.98. The van der Waals surface area contributed by atoms with E-state index in [1.807, 2.05) is 5.38 Å². The van der Waals surface area contributed by atoms with Crippen molar-refractivity contribution in [1.82, 2.24) is 14.5 Å². The molecule has 0 fully saturated rings. The first-order valence-electron chi connectivity index (χ1n) is 4.92. The minimum Gasteiger partial charge on any atom is -0.399 e. The maximum absolute atomic E-state index is 12.2. The van der Waals surface area contributed by atoms with Crippen molar-refractivity contribution in [2.45, 2.75) is 0 Å². The summed E-state index contributed by atoms with van der Waals surface area (Å²) in [5.74, 6) is 0. The molecule has 0 saturated heterocycles. The Hall–Kier alpha value is -2.21. The van der Waals surface area contributed by atoms with Crippen molar-refractivity contribution in [3.8, 4) is 5.13 Å². The third-order valence-electron chi connectivity index (χ3n) is 2.41. The van der Waals surface area contributed by atoms with Crippen LogP contribution in [-0.4, -0.2) is 14.5 Å². The maximum atomic E-state index is 12.2. The number of hydrogen-bond acceptors (Lipinski definition) is 5. The number of nitrogens with two attached hydrogens (primary N) is 1. The molecule has 17 heavy (non-hydrogen) atoms. The van der Waals surface area contributed by atoms with Crippen molar-refractivity contribution in [2.24, 2.45) is 0 Å². The van der Waals surface area contributed by atoms with Crippen LogP contribution in [0.4, 0.5) is 5.69 Å². The van der Waals surface area contributed by atoms with E-state index in [0.29, 0.717) is 21.7 Å². The fraction of sp³-hybridized carbons (Fsp3) is 0. The van der Waals surface area contributed by atoms with Gasteiger partial charge in [-0.25, -0.2) is 14.5 Å². The Bertz CT molecular complexity index is 733. The van der Waals surface area contributed by atoms with Crippen LogP contribution in [0, 0.1) is 0 Å². The summed E-state index contributed by atoms with van der Waals surface area (Å²) in [5.41, 5.74) is 6.70. The molecule has 2 aromatic heterocycles. The van der Waals surface area contributed by atoms with Crippen LogP contribution in [-0.2, 0) is 0 Å². The molecule has 0 aliphatic rings. The quantitative estimate of drug-likeness (QED) is 0.657. The second kappa shape index (κ2) is 3.67. The lowest BCUT2D eigenvalue weighted by molar-refractivity contribution is 0.948. The molecule has 0 aliphatic carbocycles. The summed E-state index contributed by atoms with van der Waals surface area (Å²) in [6, 6.07) is 5.09. The van der Waals surface area contributed by atoms with Gasteiger partial charge in [-0.05, 0) is 18.2 Å². The Morgan fingerprint density at radius 1 is 1.29 bits per heavy atom. The molecule has 0 radical (unpaired) electrons. The van der Waals surface area contributed by atoms with Crippen LogP contribution in [0.2, 0.25) is 0 Å². The van der Waals surface area contributed by atoms with E-state index in [1.165, 1.54) is 22.2 Å². The van der Waals surface area contributed by atoms with Crippen molar-refractivity contribution < 1.29 is 0 Å². The van der Waals surface area contributed by atoms with E-state index in [4.69, 9.17) is 5.73 Å². The van der Waals surface area contributed by atoms with Crippen molar-refractivity contribution in [2.75, 3.05) is 5.73 Å². The van der Waals surface area contributed by atoms with Crippen LogP contribution in [0.1, 0.15) is 0 Å². The second-order valence-corrected chi connectivity index (χ2v) is 4.38. The highest BCUT2D eigenvalue weighted by Crippen LogP contribution is 2.13. The molecule has 5 nitrogen and oxygen atoms in total. The van der Waals surface area contributed by atoms with Crippen molar-refractivity contribution in [3.05, 3.63) is 46.5 Å². The molecule has 0 saturated carbocycles. The van der Waals surface area contributed by atoms with Crippen molar-refractivity contribution >= 4 is 27.9 Å². The van der Waals surface area contributed by atoms with Gasteiger partial charge in [0.15, 0.2) is 5.13 Å². The molecule has 3 rings (SSSR count). The van der Waals surface area contributed by atoms with Gasteiger partial charge in [0.25, 0.3) is 5.56 Å². The molecule has 0 atom stereocenters. The predicted molar refractivity (Wildman–Crippen MR) is 67.4 cm³/mol. The van der Waals surface area contributed by atoms with Crippen LogP contribution in [0.15, 0.2) is 40.9 Å². The molecule has 0 amide bonds. The largest absolute Gasteiger partial charge is 0.399 e. The lowest BCUT2D eigenvalue weighted by atomic mass is 10.2. The Morgan fingerprint density at radius 2 is 2.18 bits per heavy atom. The van der Waals surface area contributed by atoms with Gasteiger partial charge < -0.3 is 5.73 Å². The molecule has 3 aromatic rings. The molecule has 2 N–H and O–H groups in total. The zero-order chi connectivity index (χ0) is 11.8. The zero-order valence-corrected chi connectivity index (χ0v) is 9.52. The molecule has 0 spiro atoms. The molecule has 1 aromatic carbocycles. The molecular formula is C11H8N4OS. The standard InChI is InChI=1S/C11H8N4OS/c12-7-1-2-9-8(5-7)10(16)15(6-14-9)11-13-3-4-17-11/h1-6H,12H2. The zero-order valence-electron chi connectivity index (χ0n) is 8.70. The number of nitrogen functional groups attached to an aromatic ring is 1. The van der Waals surface area contributed by atoms with Crippen molar-refractivity contribution in [1.29, 1.82) is 0 Å².